The lowest BCUT2D eigenvalue weighted by molar-refractivity contribution is 0.102. The second-order valence-electron chi connectivity index (χ2n) is 9.92. The van der Waals surface area contributed by atoms with Gasteiger partial charge in [0.2, 0.25) is 10.0 Å². The summed E-state index contributed by atoms with van der Waals surface area (Å²) in [6, 6.07) is 34.7. The van der Waals surface area contributed by atoms with E-state index in [1.807, 2.05) is 78.9 Å². The summed E-state index contributed by atoms with van der Waals surface area (Å²) in [7, 11) is -3.58. The lowest BCUT2D eigenvalue weighted by Crippen LogP contribution is -2.29. The summed E-state index contributed by atoms with van der Waals surface area (Å²) in [5.41, 5.74) is 7.14. The number of hydrogen-bond acceptors (Lipinski definition) is 3. The van der Waals surface area contributed by atoms with Crippen LogP contribution >= 0.6 is 0 Å². The first-order chi connectivity index (χ1) is 18.9. The van der Waals surface area contributed by atoms with E-state index < -0.39 is 10.0 Å². The van der Waals surface area contributed by atoms with E-state index in [2.05, 4.69) is 23.5 Å². The third-order valence-electron chi connectivity index (χ3n) is 7.33. The maximum atomic E-state index is 13.1. The molecular weight excluding hydrogens is 504 g/mol. The Morgan fingerprint density at radius 1 is 0.769 bits per heavy atom. The molecule has 1 aliphatic carbocycles. The Balaban J connectivity index is 1.25. The molecule has 6 heteroatoms. The monoisotopic (exact) mass is 532 g/mol. The Bertz CT molecular complexity index is 1790. The van der Waals surface area contributed by atoms with Crippen LogP contribution in [0.25, 0.3) is 21.9 Å². The van der Waals surface area contributed by atoms with Gasteiger partial charge in [0.15, 0.2) is 0 Å². The van der Waals surface area contributed by atoms with Gasteiger partial charge in [-0.3, -0.25) is 9.10 Å². The van der Waals surface area contributed by atoms with E-state index in [0.29, 0.717) is 11.3 Å². The van der Waals surface area contributed by atoms with E-state index in [0.717, 1.165) is 40.6 Å². The van der Waals surface area contributed by atoms with Crippen molar-refractivity contribution in [3.63, 3.8) is 0 Å². The quantitative estimate of drug-likeness (QED) is 0.250. The zero-order valence-electron chi connectivity index (χ0n) is 21.6. The van der Waals surface area contributed by atoms with E-state index in [9.17, 15) is 13.2 Å². The molecular formula is C33H28N2O3S. The van der Waals surface area contributed by atoms with Gasteiger partial charge in [-0.05, 0) is 64.7 Å². The molecule has 0 radical (unpaired) electrons. The summed E-state index contributed by atoms with van der Waals surface area (Å²) in [6.07, 6.45) is 3.28. The van der Waals surface area contributed by atoms with Crippen LogP contribution in [0.2, 0.25) is 0 Å². The zero-order valence-corrected chi connectivity index (χ0v) is 22.4. The van der Waals surface area contributed by atoms with E-state index in [4.69, 9.17) is 0 Å². The van der Waals surface area contributed by atoms with Gasteiger partial charge in [0, 0.05) is 22.2 Å². The number of aryl methyl sites for hydroxylation is 2. The first-order valence-corrected chi connectivity index (χ1v) is 14.8. The highest BCUT2D eigenvalue weighted by atomic mass is 32.2. The molecule has 0 aromatic heterocycles. The van der Waals surface area contributed by atoms with Crippen molar-refractivity contribution in [3.8, 4) is 11.1 Å². The van der Waals surface area contributed by atoms with Crippen LogP contribution in [-0.4, -0.2) is 20.6 Å². The topological polar surface area (TPSA) is 66.5 Å². The molecule has 0 spiro atoms. The number of carbonyl (C=O) groups excluding carboxylic acids is 1. The number of nitrogens with one attached hydrogen (secondary N) is 1. The van der Waals surface area contributed by atoms with Crippen LogP contribution in [0.1, 0.15) is 27.0 Å². The number of benzene rings is 5. The molecule has 39 heavy (non-hydrogen) atoms. The van der Waals surface area contributed by atoms with Crippen molar-refractivity contribution in [1.82, 2.24) is 0 Å². The first-order valence-electron chi connectivity index (χ1n) is 12.9. The predicted octanol–water partition coefficient (Wildman–Crippen LogP) is 6.82. The molecule has 194 valence electrons. The number of para-hydroxylation sites is 1. The van der Waals surface area contributed by atoms with Crippen LogP contribution in [0.4, 0.5) is 11.4 Å². The van der Waals surface area contributed by atoms with Crippen molar-refractivity contribution in [2.75, 3.05) is 15.9 Å². The summed E-state index contributed by atoms with van der Waals surface area (Å²) in [5.74, 6) is -0.199. The normalized spacial score (nSPS) is 12.4. The fourth-order valence-electron chi connectivity index (χ4n) is 5.41. The number of hydrogen-bond donors (Lipinski definition) is 1. The van der Waals surface area contributed by atoms with E-state index in [1.165, 1.54) is 27.1 Å². The highest BCUT2D eigenvalue weighted by Gasteiger charge is 2.22. The highest BCUT2D eigenvalue weighted by molar-refractivity contribution is 7.92. The van der Waals surface area contributed by atoms with Gasteiger partial charge < -0.3 is 5.32 Å². The number of carbonyl (C=O) groups is 1. The van der Waals surface area contributed by atoms with Crippen molar-refractivity contribution in [1.29, 1.82) is 0 Å². The van der Waals surface area contributed by atoms with E-state index in [1.54, 1.807) is 12.1 Å². The molecule has 1 aliphatic rings. The van der Waals surface area contributed by atoms with Crippen LogP contribution in [0, 0.1) is 0 Å². The molecule has 0 saturated heterocycles. The Labute approximate surface area is 228 Å². The summed E-state index contributed by atoms with van der Waals surface area (Å²) >= 11 is 0. The van der Waals surface area contributed by atoms with E-state index >= 15 is 0 Å². The van der Waals surface area contributed by atoms with Crippen LogP contribution in [0.5, 0.6) is 0 Å². The van der Waals surface area contributed by atoms with Crippen molar-refractivity contribution in [2.45, 2.75) is 19.4 Å². The average molecular weight is 533 g/mol. The molecule has 0 fully saturated rings. The van der Waals surface area contributed by atoms with Crippen LogP contribution < -0.4 is 9.62 Å². The molecule has 1 amide bonds. The highest BCUT2D eigenvalue weighted by Crippen LogP contribution is 2.36. The second kappa shape index (κ2) is 10.0. The molecule has 6 rings (SSSR count). The maximum absolute atomic E-state index is 13.1. The Morgan fingerprint density at radius 2 is 1.46 bits per heavy atom. The van der Waals surface area contributed by atoms with E-state index in [-0.39, 0.29) is 12.5 Å². The van der Waals surface area contributed by atoms with Crippen molar-refractivity contribution >= 4 is 38.1 Å². The number of nitrogens with zero attached hydrogens (tertiary/aromatic N) is 1. The summed E-state index contributed by atoms with van der Waals surface area (Å²) in [4.78, 5) is 13.1. The standard InChI is InChI=1S/C33H28N2O3S/c1-39(37,38)35(31-13-6-5-11-28(31)24-8-3-2-4-9-24)22-23-14-16-27(17-15-23)33(36)34-30-21-20-26-19-18-25-10-7-12-29(30)32(25)26/h2-17,20-21H,18-19,22H2,1H3,(H,34,36). The van der Waals surface area contributed by atoms with Gasteiger partial charge in [-0.15, -0.1) is 0 Å². The number of anilines is 2. The molecule has 0 atom stereocenters. The Kier molecular flexibility index (Phi) is 6.41. The number of rotatable bonds is 7. The SMILES string of the molecule is CS(=O)(=O)N(Cc1ccc(C(=O)Nc2ccc3c4c(cccc24)CC3)cc1)c1ccccc1-c1ccccc1. The van der Waals surface area contributed by atoms with Gasteiger partial charge in [-0.25, -0.2) is 8.42 Å². The van der Waals surface area contributed by atoms with Crippen molar-refractivity contribution < 1.29 is 13.2 Å². The van der Waals surface area contributed by atoms with Gasteiger partial charge >= 0.3 is 0 Å². The molecule has 5 aromatic carbocycles. The Morgan fingerprint density at radius 3 is 2.21 bits per heavy atom. The summed E-state index contributed by atoms with van der Waals surface area (Å²) in [6.45, 7) is 0.152. The minimum Gasteiger partial charge on any atom is -0.321 e. The second-order valence-corrected chi connectivity index (χ2v) is 11.8. The largest absolute Gasteiger partial charge is 0.321 e. The average Bonchev–Trinajstić information content (AvgIpc) is 3.38. The third kappa shape index (κ3) is 4.91. The van der Waals surface area contributed by atoms with Gasteiger partial charge in [0.1, 0.15) is 0 Å². The fourth-order valence-corrected chi connectivity index (χ4v) is 6.31. The fraction of sp³-hybridized carbons (Fsp3) is 0.121. The van der Waals surface area contributed by atoms with Crippen molar-refractivity contribution in [2.24, 2.45) is 0 Å². The molecule has 0 aliphatic heterocycles. The van der Waals surface area contributed by atoms with Crippen LogP contribution in [0.15, 0.2) is 109 Å². The lowest BCUT2D eigenvalue weighted by Gasteiger charge is -2.25. The smallest absolute Gasteiger partial charge is 0.255 e. The third-order valence-corrected chi connectivity index (χ3v) is 8.45. The zero-order chi connectivity index (χ0) is 27.0. The van der Waals surface area contributed by atoms with Gasteiger partial charge in [0.25, 0.3) is 5.91 Å². The molecule has 0 unspecified atom stereocenters. The van der Waals surface area contributed by atoms with Crippen molar-refractivity contribution in [3.05, 3.63) is 131 Å². The minimum atomic E-state index is -3.58. The predicted molar refractivity (Wildman–Crippen MR) is 159 cm³/mol. The van der Waals surface area contributed by atoms with Gasteiger partial charge in [-0.2, -0.15) is 0 Å². The molecule has 1 N–H and O–H groups in total. The molecule has 0 saturated carbocycles. The minimum absolute atomic E-state index is 0.152. The lowest BCUT2D eigenvalue weighted by atomic mass is 10.0. The molecule has 0 bridgehead atoms. The molecule has 5 aromatic rings. The molecule has 5 nitrogen and oxygen atoms in total. The Hall–Kier alpha value is -4.42. The first kappa shape index (κ1) is 24.9. The number of amides is 1. The van der Waals surface area contributed by atoms with Crippen LogP contribution in [0.3, 0.4) is 0 Å². The maximum Gasteiger partial charge on any atom is 0.255 e. The number of sulfonamides is 1. The van der Waals surface area contributed by atoms with Crippen LogP contribution in [-0.2, 0) is 29.4 Å². The van der Waals surface area contributed by atoms with Gasteiger partial charge in [-0.1, -0.05) is 84.9 Å². The summed E-state index contributed by atoms with van der Waals surface area (Å²) < 4.78 is 27.3. The molecule has 0 heterocycles. The van der Waals surface area contributed by atoms with Gasteiger partial charge in [0.05, 0.1) is 18.5 Å². The summed E-state index contributed by atoms with van der Waals surface area (Å²) in [5, 5.41) is 5.39.